The molecule has 0 unspecified atom stereocenters. The van der Waals surface area contributed by atoms with E-state index in [0.29, 0.717) is 16.6 Å². The van der Waals surface area contributed by atoms with Crippen LogP contribution in [0.5, 0.6) is 0 Å². The second-order valence-corrected chi connectivity index (χ2v) is 6.28. The predicted octanol–water partition coefficient (Wildman–Crippen LogP) is 2.18. The summed E-state index contributed by atoms with van der Waals surface area (Å²) in [6, 6.07) is 9.56. The molecule has 0 saturated carbocycles. The van der Waals surface area contributed by atoms with Crippen molar-refractivity contribution < 1.29 is 0 Å². The number of benzene rings is 1. The molecule has 4 rings (SSSR count). The van der Waals surface area contributed by atoms with Crippen LogP contribution in [-0.4, -0.2) is 30.7 Å². The lowest BCUT2D eigenvalue weighted by atomic mass is 10.3. The molecule has 0 saturated heterocycles. The van der Waals surface area contributed by atoms with Gasteiger partial charge in [-0.2, -0.15) is 4.52 Å². The standard InChI is InChI=1S/C16H16N6OS/c1-2-21-12-6-4-3-5-11(12)19-13(21)7-9-17-15-20-22-14(23)8-10-18-16(22)24-15/h3-6,8,10H,2,7,9H2,1H3,(H,17,20). The van der Waals surface area contributed by atoms with Gasteiger partial charge in [-0.25, -0.2) is 9.97 Å². The van der Waals surface area contributed by atoms with Crippen LogP contribution in [0.25, 0.3) is 16.0 Å². The topological polar surface area (TPSA) is 77.1 Å². The summed E-state index contributed by atoms with van der Waals surface area (Å²) < 4.78 is 3.54. The zero-order valence-corrected chi connectivity index (χ0v) is 14.0. The molecule has 0 aliphatic heterocycles. The number of aryl methyl sites for hydroxylation is 1. The number of anilines is 1. The smallest absolute Gasteiger partial charge is 0.275 e. The Morgan fingerprint density at radius 2 is 2.12 bits per heavy atom. The number of rotatable bonds is 5. The SMILES string of the molecule is CCn1c(CCNc2nn3c(=O)ccnc3s2)nc2ccccc21. The van der Waals surface area contributed by atoms with Gasteiger partial charge in [0, 0.05) is 31.8 Å². The molecule has 122 valence electrons. The lowest BCUT2D eigenvalue weighted by Crippen LogP contribution is -2.13. The summed E-state index contributed by atoms with van der Waals surface area (Å²) in [4.78, 5) is 21.1. The molecule has 0 fully saturated rings. The maximum atomic E-state index is 11.7. The molecule has 0 atom stereocenters. The first-order chi connectivity index (χ1) is 11.8. The van der Waals surface area contributed by atoms with Crippen molar-refractivity contribution in [3.05, 3.63) is 52.7 Å². The minimum absolute atomic E-state index is 0.169. The van der Waals surface area contributed by atoms with E-state index < -0.39 is 0 Å². The van der Waals surface area contributed by atoms with Gasteiger partial charge in [-0.05, 0) is 19.1 Å². The Hall–Kier alpha value is -2.74. The first-order valence-corrected chi connectivity index (χ1v) is 8.61. The molecule has 0 amide bonds. The molecular weight excluding hydrogens is 324 g/mol. The molecule has 7 nitrogen and oxygen atoms in total. The molecule has 0 bridgehead atoms. The van der Waals surface area contributed by atoms with Crippen LogP contribution in [0.15, 0.2) is 41.3 Å². The maximum absolute atomic E-state index is 11.7. The van der Waals surface area contributed by atoms with Crippen molar-refractivity contribution in [2.24, 2.45) is 0 Å². The highest BCUT2D eigenvalue weighted by atomic mass is 32.1. The van der Waals surface area contributed by atoms with Crippen LogP contribution in [0.1, 0.15) is 12.7 Å². The van der Waals surface area contributed by atoms with Crippen LogP contribution in [-0.2, 0) is 13.0 Å². The molecule has 3 aromatic heterocycles. The summed E-state index contributed by atoms with van der Waals surface area (Å²) in [5.74, 6) is 1.04. The maximum Gasteiger partial charge on any atom is 0.275 e. The molecular formula is C16H16N6OS. The Labute approximate surface area is 141 Å². The van der Waals surface area contributed by atoms with E-state index in [-0.39, 0.29) is 5.56 Å². The Kier molecular flexibility index (Phi) is 3.73. The van der Waals surface area contributed by atoms with Gasteiger partial charge in [-0.15, -0.1) is 5.10 Å². The summed E-state index contributed by atoms with van der Waals surface area (Å²) in [5, 5.41) is 8.20. The fourth-order valence-electron chi connectivity index (χ4n) is 2.77. The van der Waals surface area contributed by atoms with E-state index in [9.17, 15) is 4.79 Å². The second-order valence-electron chi connectivity index (χ2n) is 5.32. The van der Waals surface area contributed by atoms with Crippen molar-refractivity contribution in [1.29, 1.82) is 0 Å². The van der Waals surface area contributed by atoms with Crippen LogP contribution in [0.3, 0.4) is 0 Å². The van der Waals surface area contributed by atoms with Gasteiger partial charge >= 0.3 is 0 Å². The van der Waals surface area contributed by atoms with Gasteiger partial charge in [-0.1, -0.05) is 23.5 Å². The molecule has 0 radical (unpaired) electrons. The van der Waals surface area contributed by atoms with Gasteiger partial charge in [0.25, 0.3) is 5.56 Å². The quantitative estimate of drug-likeness (QED) is 0.602. The van der Waals surface area contributed by atoms with E-state index in [0.717, 1.165) is 29.8 Å². The van der Waals surface area contributed by atoms with Crippen LogP contribution in [0.4, 0.5) is 5.13 Å². The molecule has 0 spiro atoms. The summed E-state index contributed by atoms with van der Waals surface area (Å²) in [6.07, 6.45) is 2.28. The molecule has 1 N–H and O–H groups in total. The van der Waals surface area contributed by atoms with Crippen LogP contribution in [0.2, 0.25) is 0 Å². The van der Waals surface area contributed by atoms with Gasteiger partial charge in [-0.3, -0.25) is 4.79 Å². The predicted molar refractivity (Wildman–Crippen MR) is 94.7 cm³/mol. The zero-order valence-electron chi connectivity index (χ0n) is 13.1. The number of aromatic nitrogens is 5. The van der Waals surface area contributed by atoms with Crippen molar-refractivity contribution in [2.75, 3.05) is 11.9 Å². The third-order valence-corrected chi connectivity index (χ3v) is 4.73. The molecule has 24 heavy (non-hydrogen) atoms. The summed E-state index contributed by atoms with van der Waals surface area (Å²) in [7, 11) is 0. The van der Waals surface area contributed by atoms with Crippen molar-refractivity contribution in [1.82, 2.24) is 24.1 Å². The molecule has 4 aromatic rings. The van der Waals surface area contributed by atoms with E-state index in [2.05, 4.69) is 33.0 Å². The number of para-hydroxylation sites is 2. The van der Waals surface area contributed by atoms with E-state index in [1.54, 1.807) is 0 Å². The van der Waals surface area contributed by atoms with Gasteiger partial charge < -0.3 is 9.88 Å². The monoisotopic (exact) mass is 340 g/mol. The van der Waals surface area contributed by atoms with Crippen molar-refractivity contribution in [3.8, 4) is 0 Å². The van der Waals surface area contributed by atoms with Crippen LogP contribution in [0, 0.1) is 0 Å². The lowest BCUT2D eigenvalue weighted by molar-refractivity contribution is 0.716. The fraction of sp³-hybridized carbons (Fsp3) is 0.250. The summed E-state index contributed by atoms with van der Waals surface area (Å²) in [6.45, 7) is 3.70. The zero-order chi connectivity index (χ0) is 16.5. The third kappa shape index (κ3) is 2.54. The molecule has 8 heteroatoms. The highest BCUT2D eigenvalue weighted by Gasteiger charge is 2.10. The van der Waals surface area contributed by atoms with Crippen LogP contribution < -0.4 is 10.9 Å². The number of nitrogens with zero attached hydrogens (tertiary/aromatic N) is 5. The minimum Gasteiger partial charge on any atom is -0.360 e. The van der Waals surface area contributed by atoms with E-state index >= 15 is 0 Å². The van der Waals surface area contributed by atoms with E-state index in [1.807, 2.05) is 18.2 Å². The summed E-state index contributed by atoms with van der Waals surface area (Å²) in [5.41, 5.74) is 2.01. The number of imidazole rings is 1. The third-order valence-electron chi connectivity index (χ3n) is 3.85. The van der Waals surface area contributed by atoms with E-state index in [4.69, 9.17) is 4.98 Å². The molecule has 1 aromatic carbocycles. The largest absolute Gasteiger partial charge is 0.360 e. The first kappa shape index (κ1) is 14.8. The van der Waals surface area contributed by atoms with Gasteiger partial charge in [0.1, 0.15) is 5.82 Å². The second kappa shape index (κ2) is 6.04. The Morgan fingerprint density at radius 3 is 2.96 bits per heavy atom. The Morgan fingerprint density at radius 1 is 1.25 bits per heavy atom. The van der Waals surface area contributed by atoms with Gasteiger partial charge in [0.2, 0.25) is 10.1 Å². The average molecular weight is 340 g/mol. The normalized spacial score (nSPS) is 11.4. The number of nitrogens with one attached hydrogen (secondary N) is 1. The summed E-state index contributed by atoms with van der Waals surface area (Å²) >= 11 is 1.36. The molecule has 3 heterocycles. The van der Waals surface area contributed by atoms with Gasteiger partial charge in [0.05, 0.1) is 11.0 Å². The van der Waals surface area contributed by atoms with Crippen LogP contribution >= 0.6 is 11.3 Å². The molecule has 0 aliphatic rings. The van der Waals surface area contributed by atoms with Crippen molar-refractivity contribution in [3.63, 3.8) is 0 Å². The molecule has 0 aliphatic carbocycles. The number of fused-ring (bicyclic) bond motifs is 2. The van der Waals surface area contributed by atoms with Gasteiger partial charge in [0.15, 0.2) is 0 Å². The number of hydrogen-bond donors (Lipinski definition) is 1. The lowest BCUT2D eigenvalue weighted by Gasteiger charge is -2.06. The Bertz CT molecular complexity index is 1060. The average Bonchev–Trinajstić information content (AvgIpc) is 3.16. The highest BCUT2D eigenvalue weighted by Crippen LogP contribution is 2.18. The van der Waals surface area contributed by atoms with Crippen molar-refractivity contribution in [2.45, 2.75) is 19.9 Å². The van der Waals surface area contributed by atoms with Crippen molar-refractivity contribution >= 4 is 32.5 Å². The fourth-order valence-corrected chi connectivity index (χ4v) is 3.57. The minimum atomic E-state index is -0.169. The van der Waals surface area contributed by atoms with E-state index in [1.165, 1.54) is 28.1 Å². The Balaban J connectivity index is 1.52. The number of hydrogen-bond acceptors (Lipinski definition) is 6. The first-order valence-electron chi connectivity index (χ1n) is 7.79. The highest BCUT2D eigenvalue weighted by molar-refractivity contribution is 7.20.